The van der Waals surface area contributed by atoms with E-state index in [1.165, 1.54) is 0 Å². The van der Waals surface area contributed by atoms with Crippen molar-refractivity contribution in [1.29, 1.82) is 0 Å². The summed E-state index contributed by atoms with van der Waals surface area (Å²) in [6.45, 7) is 5.50. The van der Waals surface area contributed by atoms with E-state index in [0.717, 1.165) is 16.9 Å². The number of benzene rings is 2. The lowest BCUT2D eigenvalue weighted by molar-refractivity contribution is -0.138. The molecule has 2 aromatic carbocycles. The summed E-state index contributed by atoms with van der Waals surface area (Å²) in [7, 11) is 1.61. The van der Waals surface area contributed by atoms with Gasteiger partial charge in [-0.1, -0.05) is 29.8 Å². The van der Waals surface area contributed by atoms with Crippen LogP contribution in [0, 0.1) is 12.3 Å². The van der Waals surface area contributed by atoms with E-state index in [9.17, 15) is 9.59 Å². The van der Waals surface area contributed by atoms with Crippen molar-refractivity contribution in [3.63, 3.8) is 0 Å². The molecule has 6 heteroatoms. The van der Waals surface area contributed by atoms with Crippen LogP contribution < -0.4 is 15.4 Å². The van der Waals surface area contributed by atoms with E-state index in [1.54, 1.807) is 33.1 Å². The fourth-order valence-corrected chi connectivity index (χ4v) is 2.65. The lowest BCUT2D eigenvalue weighted by atomic mass is 9.90. The van der Waals surface area contributed by atoms with Crippen LogP contribution in [0.4, 0.5) is 5.69 Å². The van der Waals surface area contributed by atoms with Gasteiger partial charge in [-0.25, -0.2) is 0 Å². The standard InChI is InChI=1S/C21H25ClN2O3/c1-14-8-9-16(22)13-18(14)24-20(26)21(2,3)19(25)23-11-10-15-6-5-7-17(12-15)27-4/h5-9,12-13H,10-11H2,1-4H3,(H,23,25)(H,24,26). The summed E-state index contributed by atoms with van der Waals surface area (Å²) in [5, 5.41) is 6.15. The van der Waals surface area contributed by atoms with E-state index in [0.29, 0.717) is 23.7 Å². The molecule has 0 saturated heterocycles. The number of methoxy groups -OCH3 is 1. The number of hydrogen-bond acceptors (Lipinski definition) is 3. The van der Waals surface area contributed by atoms with Gasteiger partial charge in [0.15, 0.2) is 0 Å². The summed E-state index contributed by atoms with van der Waals surface area (Å²) >= 11 is 5.99. The molecule has 0 aromatic heterocycles. The second kappa shape index (κ2) is 8.91. The number of ether oxygens (including phenoxy) is 1. The van der Waals surface area contributed by atoms with Crippen LogP contribution in [0.2, 0.25) is 5.02 Å². The maximum Gasteiger partial charge on any atom is 0.239 e. The summed E-state index contributed by atoms with van der Waals surface area (Å²) in [6.07, 6.45) is 0.647. The minimum Gasteiger partial charge on any atom is -0.497 e. The van der Waals surface area contributed by atoms with Crippen LogP contribution in [0.15, 0.2) is 42.5 Å². The number of amides is 2. The average molecular weight is 389 g/mol. The number of carbonyl (C=O) groups excluding carboxylic acids is 2. The Bertz CT molecular complexity index is 834. The Balaban J connectivity index is 1.95. The molecule has 2 rings (SSSR count). The van der Waals surface area contributed by atoms with Crippen molar-refractivity contribution < 1.29 is 14.3 Å². The number of rotatable bonds is 7. The third-order valence-electron chi connectivity index (χ3n) is 4.42. The summed E-state index contributed by atoms with van der Waals surface area (Å²) < 4.78 is 5.19. The number of hydrogen-bond donors (Lipinski definition) is 2. The molecule has 27 heavy (non-hydrogen) atoms. The van der Waals surface area contributed by atoms with Crippen molar-refractivity contribution in [2.45, 2.75) is 27.2 Å². The number of halogens is 1. The van der Waals surface area contributed by atoms with Gasteiger partial charge in [-0.15, -0.1) is 0 Å². The highest BCUT2D eigenvalue weighted by molar-refractivity contribution is 6.31. The molecule has 0 aliphatic rings. The zero-order chi connectivity index (χ0) is 20.0. The number of aryl methyl sites for hydroxylation is 1. The van der Waals surface area contributed by atoms with E-state index >= 15 is 0 Å². The first kappa shape index (κ1) is 20.8. The van der Waals surface area contributed by atoms with Gasteiger partial charge >= 0.3 is 0 Å². The highest BCUT2D eigenvalue weighted by Crippen LogP contribution is 2.24. The van der Waals surface area contributed by atoms with Crippen molar-refractivity contribution in [2.75, 3.05) is 19.0 Å². The highest BCUT2D eigenvalue weighted by Gasteiger charge is 2.36. The van der Waals surface area contributed by atoms with Gasteiger partial charge in [0.05, 0.1) is 7.11 Å². The van der Waals surface area contributed by atoms with Gasteiger partial charge < -0.3 is 15.4 Å². The third-order valence-corrected chi connectivity index (χ3v) is 4.65. The minimum absolute atomic E-state index is 0.331. The lowest BCUT2D eigenvalue weighted by Crippen LogP contribution is -2.45. The maximum atomic E-state index is 12.6. The molecule has 144 valence electrons. The molecule has 0 atom stereocenters. The van der Waals surface area contributed by atoms with Gasteiger partial charge in [0.1, 0.15) is 11.2 Å². The monoisotopic (exact) mass is 388 g/mol. The molecule has 0 aliphatic carbocycles. The van der Waals surface area contributed by atoms with Gasteiger partial charge in [0.25, 0.3) is 0 Å². The first-order valence-corrected chi connectivity index (χ1v) is 9.10. The lowest BCUT2D eigenvalue weighted by Gasteiger charge is -2.23. The molecule has 0 heterocycles. The van der Waals surface area contributed by atoms with Crippen molar-refractivity contribution in [3.05, 3.63) is 58.6 Å². The third kappa shape index (κ3) is 5.47. The predicted octanol–water partition coefficient (Wildman–Crippen LogP) is 3.98. The molecule has 0 fully saturated rings. The molecule has 0 bridgehead atoms. The van der Waals surface area contributed by atoms with Gasteiger partial charge in [-0.2, -0.15) is 0 Å². The van der Waals surface area contributed by atoms with E-state index in [4.69, 9.17) is 16.3 Å². The summed E-state index contributed by atoms with van der Waals surface area (Å²) in [5.41, 5.74) is 1.31. The summed E-state index contributed by atoms with van der Waals surface area (Å²) in [5.74, 6) is 0.0600. The fourth-order valence-electron chi connectivity index (χ4n) is 2.48. The molecule has 0 aliphatic heterocycles. The Morgan fingerprint density at radius 3 is 2.56 bits per heavy atom. The fraction of sp³-hybridized carbons (Fsp3) is 0.333. The quantitative estimate of drug-likeness (QED) is 0.705. The molecule has 0 spiro atoms. The van der Waals surface area contributed by atoms with Crippen molar-refractivity contribution in [2.24, 2.45) is 5.41 Å². The number of anilines is 1. The zero-order valence-corrected chi connectivity index (χ0v) is 16.8. The Kier molecular flexibility index (Phi) is 6.86. The Hall–Kier alpha value is -2.53. The molecular formula is C21H25ClN2O3. The summed E-state index contributed by atoms with van der Waals surface area (Å²) in [4.78, 5) is 25.2. The van der Waals surface area contributed by atoms with E-state index in [-0.39, 0.29) is 11.8 Å². The van der Waals surface area contributed by atoms with Gasteiger partial charge in [0.2, 0.25) is 11.8 Å². The largest absolute Gasteiger partial charge is 0.497 e. The average Bonchev–Trinajstić information content (AvgIpc) is 2.64. The normalized spacial score (nSPS) is 11.0. The highest BCUT2D eigenvalue weighted by atomic mass is 35.5. The smallest absolute Gasteiger partial charge is 0.239 e. The number of carbonyl (C=O) groups is 2. The van der Waals surface area contributed by atoms with Crippen LogP contribution in [-0.4, -0.2) is 25.5 Å². The topological polar surface area (TPSA) is 67.4 Å². The van der Waals surface area contributed by atoms with E-state index in [1.807, 2.05) is 37.3 Å². The molecule has 5 nitrogen and oxygen atoms in total. The summed E-state index contributed by atoms with van der Waals surface area (Å²) in [6, 6.07) is 12.9. The van der Waals surface area contributed by atoms with Gasteiger partial charge in [-0.05, 0) is 62.6 Å². The molecule has 0 saturated carbocycles. The molecule has 2 aromatic rings. The van der Waals surface area contributed by atoms with Crippen molar-refractivity contribution in [1.82, 2.24) is 5.32 Å². The maximum absolute atomic E-state index is 12.6. The van der Waals surface area contributed by atoms with Gasteiger partial charge in [0, 0.05) is 17.3 Å². The Morgan fingerprint density at radius 1 is 1.11 bits per heavy atom. The van der Waals surface area contributed by atoms with Crippen LogP contribution in [0.25, 0.3) is 0 Å². The first-order valence-electron chi connectivity index (χ1n) is 8.73. The van der Waals surface area contributed by atoms with Crippen LogP contribution in [0.3, 0.4) is 0 Å². The van der Waals surface area contributed by atoms with Crippen LogP contribution in [-0.2, 0) is 16.0 Å². The zero-order valence-electron chi connectivity index (χ0n) is 16.1. The van der Waals surface area contributed by atoms with Crippen LogP contribution in [0.5, 0.6) is 5.75 Å². The second-order valence-corrected chi connectivity index (χ2v) is 7.33. The van der Waals surface area contributed by atoms with E-state index in [2.05, 4.69) is 10.6 Å². The molecule has 0 radical (unpaired) electrons. The Morgan fingerprint density at radius 2 is 1.85 bits per heavy atom. The van der Waals surface area contributed by atoms with Crippen LogP contribution >= 0.6 is 11.6 Å². The molecule has 0 unspecified atom stereocenters. The van der Waals surface area contributed by atoms with Crippen molar-refractivity contribution in [3.8, 4) is 5.75 Å². The predicted molar refractivity (Wildman–Crippen MR) is 108 cm³/mol. The second-order valence-electron chi connectivity index (χ2n) is 6.90. The van der Waals surface area contributed by atoms with Crippen molar-refractivity contribution >= 4 is 29.1 Å². The molecule has 2 N–H and O–H groups in total. The van der Waals surface area contributed by atoms with Gasteiger partial charge in [-0.3, -0.25) is 9.59 Å². The van der Waals surface area contributed by atoms with Crippen LogP contribution in [0.1, 0.15) is 25.0 Å². The Labute approximate surface area is 165 Å². The molecular weight excluding hydrogens is 364 g/mol. The minimum atomic E-state index is -1.22. The molecule has 2 amide bonds. The number of nitrogens with one attached hydrogen (secondary N) is 2. The first-order chi connectivity index (χ1) is 12.7. The SMILES string of the molecule is COc1cccc(CCNC(=O)C(C)(C)C(=O)Nc2cc(Cl)ccc2C)c1. The van der Waals surface area contributed by atoms with E-state index < -0.39 is 5.41 Å².